The average molecular weight is 397 g/mol. The average Bonchev–Trinajstić information content (AvgIpc) is 2.92. The van der Waals surface area contributed by atoms with Gasteiger partial charge in [0.25, 0.3) is 0 Å². The van der Waals surface area contributed by atoms with Crippen molar-refractivity contribution in [2.75, 3.05) is 13.2 Å². The van der Waals surface area contributed by atoms with Gasteiger partial charge in [-0.2, -0.15) is 0 Å². The molecule has 0 radical (unpaired) electrons. The van der Waals surface area contributed by atoms with E-state index in [0.29, 0.717) is 19.1 Å². The topological polar surface area (TPSA) is 53.4 Å². The smallest absolute Gasteiger partial charge is 0.302 e. The lowest BCUT2D eigenvalue weighted by Crippen LogP contribution is -2.10. The van der Waals surface area contributed by atoms with Crippen molar-refractivity contribution in [1.82, 2.24) is 9.55 Å². The monoisotopic (exact) mass is 396 g/mol. The van der Waals surface area contributed by atoms with Crippen molar-refractivity contribution in [3.05, 3.63) is 40.8 Å². The van der Waals surface area contributed by atoms with Gasteiger partial charge in [0.1, 0.15) is 24.1 Å². The molecular weight excluding hydrogens is 372 g/mol. The standard InChI is InChI=1S/C19H25ClN2O3S/c1-5-22-17(12-24-9-10-25-14(4)23)21-18(13(2)3)19(22)26-16-8-6-7-15(20)11-16/h6-8,11,13H,5,9-10,12H2,1-4H3. The highest BCUT2D eigenvalue weighted by atomic mass is 35.5. The Labute approximate surface area is 164 Å². The SMILES string of the molecule is CCn1c(COCCOC(C)=O)nc(C(C)C)c1Sc1cccc(Cl)c1. The lowest BCUT2D eigenvalue weighted by molar-refractivity contribution is -0.142. The number of esters is 1. The van der Waals surface area contributed by atoms with Crippen LogP contribution in [0.3, 0.4) is 0 Å². The van der Waals surface area contributed by atoms with Crippen molar-refractivity contribution >= 4 is 29.3 Å². The molecule has 0 saturated heterocycles. The van der Waals surface area contributed by atoms with E-state index in [9.17, 15) is 4.79 Å². The van der Waals surface area contributed by atoms with Crippen molar-refractivity contribution in [2.45, 2.75) is 56.7 Å². The number of hydrogen-bond acceptors (Lipinski definition) is 5. The number of imidazole rings is 1. The van der Waals surface area contributed by atoms with Gasteiger partial charge in [-0.05, 0) is 31.0 Å². The first-order chi connectivity index (χ1) is 12.4. The van der Waals surface area contributed by atoms with Gasteiger partial charge in [0, 0.05) is 23.4 Å². The van der Waals surface area contributed by atoms with Gasteiger partial charge < -0.3 is 14.0 Å². The van der Waals surface area contributed by atoms with Gasteiger partial charge in [0.15, 0.2) is 0 Å². The summed E-state index contributed by atoms with van der Waals surface area (Å²) in [6.45, 7) is 9.53. The minimum atomic E-state index is -0.300. The quantitative estimate of drug-likeness (QED) is 0.445. The predicted octanol–water partition coefficient (Wildman–Crippen LogP) is 4.91. The Hall–Kier alpha value is -1.50. The molecule has 0 atom stereocenters. The van der Waals surface area contributed by atoms with Crippen LogP contribution in [0.2, 0.25) is 5.02 Å². The molecule has 26 heavy (non-hydrogen) atoms. The maximum atomic E-state index is 10.8. The molecule has 0 aliphatic rings. The largest absolute Gasteiger partial charge is 0.463 e. The molecular formula is C19H25ClN2O3S. The van der Waals surface area contributed by atoms with E-state index in [2.05, 4.69) is 25.3 Å². The molecule has 0 aliphatic carbocycles. The maximum absolute atomic E-state index is 10.8. The molecule has 0 saturated carbocycles. The summed E-state index contributed by atoms with van der Waals surface area (Å²) in [6.07, 6.45) is 0. The van der Waals surface area contributed by atoms with Crippen LogP contribution in [0.15, 0.2) is 34.2 Å². The zero-order chi connectivity index (χ0) is 19.1. The summed E-state index contributed by atoms with van der Waals surface area (Å²) >= 11 is 7.79. The maximum Gasteiger partial charge on any atom is 0.302 e. The molecule has 0 amide bonds. The summed E-state index contributed by atoms with van der Waals surface area (Å²) in [5.41, 5.74) is 1.05. The van der Waals surface area contributed by atoms with Gasteiger partial charge in [-0.15, -0.1) is 0 Å². The molecule has 5 nitrogen and oxygen atoms in total. The highest BCUT2D eigenvalue weighted by molar-refractivity contribution is 7.99. The minimum absolute atomic E-state index is 0.253. The van der Waals surface area contributed by atoms with Crippen LogP contribution in [-0.2, 0) is 27.4 Å². The van der Waals surface area contributed by atoms with Crippen molar-refractivity contribution in [1.29, 1.82) is 0 Å². The number of hydrogen-bond donors (Lipinski definition) is 0. The molecule has 2 rings (SSSR count). The van der Waals surface area contributed by atoms with Gasteiger partial charge in [0.2, 0.25) is 0 Å². The van der Waals surface area contributed by atoms with E-state index in [-0.39, 0.29) is 12.6 Å². The highest BCUT2D eigenvalue weighted by Gasteiger charge is 2.19. The van der Waals surface area contributed by atoms with Crippen LogP contribution in [0.4, 0.5) is 0 Å². The first kappa shape index (κ1) is 20.8. The van der Waals surface area contributed by atoms with Crippen LogP contribution < -0.4 is 0 Å². The Morgan fingerprint density at radius 2 is 2.12 bits per heavy atom. The predicted molar refractivity (Wildman–Crippen MR) is 104 cm³/mol. The van der Waals surface area contributed by atoms with Crippen LogP contribution in [0.1, 0.15) is 45.1 Å². The van der Waals surface area contributed by atoms with Gasteiger partial charge in [-0.3, -0.25) is 4.79 Å². The minimum Gasteiger partial charge on any atom is -0.463 e. The van der Waals surface area contributed by atoms with Gasteiger partial charge in [0.05, 0.1) is 12.3 Å². The van der Waals surface area contributed by atoms with Gasteiger partial charge in [-0.25, -0.2) is 4.98 Å². The Bertz CT molecular complexity index is 746. The third-order valence-corrected chi connectivity index (χ3v) is 5.01. The van der Waals surface area contributed by atoms with E-state index in [1.807, 2.05) is 24.3 Å². The van der Waals surface area contributed by atoms with Crippen LogP contribution in [-0.4, -0.2) is 28.7 Å². The zero-order valence-electron chi connectivity index (χ0n) is 15.6. The second-order valence-electron chi connectivity index (χ2n) is 6.07. The Kier molecular flexibility index (Phi) is 8.00. The fourth-order valence-electron chi connectivity index (χ4n) is 2.47. The van der Waals surface area contributed by atoms with E-state index >= 15 is 0 Å². The second-order valence-corrected chi connectivity index (χ2v) is 7.57. The summed E-state index contributed by atoms with van der Waals surface area (Å²) in [5, 5.41) is 1.83. The molecule has 0 N–H and O–H groups in total. The number of rotatable bonds is 9. The lowest BCUT2D eigenvalue weighted by Gasteiger charge is -2.11. The highest BCUT2D eigenvalue weighted by Crippen LogP contribution is 2.35. The molecule has 0 unspecified atom stereocenters. The van der Waals surface area contributed by atoms with E-state index in [0.717, 1.165) is 33.0 Å². The molecule has 0 bridgehead atoms. The molecule has 2 aromatic rings. The van der Waals surface area contributed by atoms with Crippen molar-refractivity contribution < 1.29 is 14.3 Å². The van der Waals surface area contributed by atoms with Crippen LogP contribution in [0.25, 0.3) is 0 Å². The van der Waals surface area contributed by atoms with Gasteiger partial charge in [-0.1, -0.05) is 43.3 Å². The fraction of sp³-hybridized carbons (Fsp3) is 0.474. The van der Waals surface area contributed by atoms with E-state index in [1.54, 1.807) is 11.8 Å². The molecule has 1 heterocycles. The number of benzene rings is 1. The summed E-state index contributed by atoms with van der Waals surface area (Å²) in [6, 6.07) is 7.82. The summed E-state index contributed by atoms with van der Waals surface area (Å²) < 4.78 is 12.7. The molecule has 0 fully saturated rings. The first-order valence-electron chi connectivity index (χ1n) is 8.66. The summed E-state index contributed by atoms with van der Waals surface area (Å²) in [4.78, 5) is 16.7. The second kappa shape index (κ2) is 10.00. The van der Waals surface area contributed by atoms with Crippen LogP contribution >= 0.6 is 23.4 Å². The number of carbonyl (C=O) groups is 1. The van der Waals surface area contributed by atoms with E-state index in [1.165, 1.54) is 6.92 Å². The fourth-order valence-corrected chi connectivity index (χ4v) is 4.01. The number of carbonyl (C=O) groups excluding carboxylic acids is 1. The molecule has 0 aliphatic heterocycles. The first-order valence-corrected chi connectivity index (χ1v) is 9.85. The third kappa shape index (κ3) is 5.76. The van der Waals surface area contributed by atoms with Crippen LogP contribution in [0.5, 0.6) is 0 Å². The normalized spacial score (nSPS) is 11.2. The number of ether oxygens (including phenoxy) is 2. The zero-order valence-corrected chi connectivity index (χ0v) is 17.2. The number of aromatic nitrogens is 2. The van der Waals surface area contributed by atoms with Crippen LogP contribution in [0, 0.1) is 0 Å². The summed E-state index contributed by atoms with van der Waals surface area (Å²) in [7, 11) is 0. The van der Waals surface area contributed by atoms with Gasteiger partial charge >= 0.3 is 5.97 Å². The Balaban J connectivity index is 2.17. The molecule has 0 spiro atoms. The lowest BCUT2D eigenvalue weighted by atomic mass is 10.1. The Morgan fingerprint density at radius 3 is 2.73 bits per heavy atom. The van der Waals surface area contributed by atoms with Crippen molar-refractivity contribution in [3.63, 3.8) is 0 Å². The van der Waals surface area contributed by atoms with E-state index < -0.39 is 0 Å². The molecule has 1 aromatic heterocycles. The third-order valence-electron chi connectivity index (χ3n) is 3.66. The number of halogens is 1. The Morgan fingerprint density at radius 1 is 1.35 bits per heavy atom. The summed E-state index contributed by atoms with van der Waals surface area (Å²) in [5.74, 6) is 0.874. The van der Waals surface area contributed by atoms with Crippen molar-refractivity contribution in [2.24, 2.45) is 0 Å². The number of nitrogens with zero attached hydrogens (tertiary/aromatic N) is 2. The molecule has 142 valence electrons. The molecule has 7 heteroatoms. The molecule has 1 aromatic carbocycles. The van der Waals surface area contributed by atoms with E-state index in [4.69, 9.17) is 26.1 Å². The van der Waals surface area contributed by atoms with Crippen molar-refractivity contribution in [3.8, 4) is 0 Å².